The van der Waals surface area contributed by atoms with Crippen molar-refractivity contribution in [2.24, 2.45) is 5.73 Å². The molecule has 29 heteroatoms. The fraction of sp³-hybridized carbons (Fsp3) is 0.303. The Hall–Kier alpha value is -12.0. The van der Waals surface area contributed by atoms with Crippen molar-refractivity contribution < 1.29 is 91.3 Å². The lowest BCUT2D eigenvalue weighted by Gasteiger charge is -2.40. The molecular weight excluding hydrogens is 1550 g/mol. The zero-order valence-electron chi connectivity index (χ0n) is 66.3. The molecule has 0 radical (unpaired) electrons. The second-order valence-electron chi connectivity index (χ2n) is 29.4. The van der Waals surface area contributed by atoms with Gasteiger partial charge in [-0.2, -0.15) is 0 Å². The number of hydrogen-bond donors (Lipinski definition) is 2. The number of aliphatic hydroxyl groups is 1. The second kappa shape index (κ2) is 38.9. The number of halogens is 12. The minimum atomic E-state index is -3.13. The number of hydrogen-bond acceptors (Lipinski definition) is 9. The third-order valence-corrected chi connectivity index (χ3v) is 20.9. The van der Waals surface area contributed by atoms with Crippen LogP contribution in [0.4, 0.5) is 71.9 Å². The number of nitrogens with two attached hydrogens (primary N) is 1. The molecule has 4 aliphatic heterocycles. The third kappa shape index (κ3) is 20.0. The summed E-state index contributed by atoms with van der Waals surface area (Å²) in [5.74, 6) is -6.48. The molecule has 0 saturated heterocycles. The van der Waals surface area contributed by atoms with Crippen LogP contribution in [0, 0.1) is 46.5 Å². The average molecular weight is 1640 g/mol. The monoisotopic (exact) mass is 1640 g/mol. The molecular formula is C89H91F12N9O8. The minimum absolute atomic E-state index is 0.00377. The van der Waals surface area contributed by atoms with E-state index in [2.05, 4.69) is 0 Å². The average Bonchev–Trinajstić information content (AvgIpc) is 1.61. The van der Waals surface area contributed by atoms with Gasteiger partial charge in [-0.1, -0.05) is 121 Å². The standard InChI is InChI=1S/C23H25F4N3O.C23H22F4N2O2.C23H24F2N2O3.C20H20F2N2O2/c1-29(2)22(31)30-14-15(18-12-17(24)8-9-19(18)25)13-23(30,11-10-20(28)21(26)27)16-6-4-3-5-7-16;1-28(2)22(31)29-14-15(18-12-17(24)8-9-19(18)25)13-23(29,11-10-20(30)21(26)27)16-6-4-3-5-7-16;1-26(2)22(29)27-15-16(19-13-18(24)9-10-20(19)25)14-23(27,12-11-21(28)30-3)17-7-5-4-6-8-17;1-23(2)19(26)24-12-14(17-10-16(21)8-9-18(17)22)11-20(24,13-25)15-6-4-3-5-7-15/h3-9,12-13,20-21H,10-11,14,28H2,1-2H3;3-9,12-13,21H,10-11,14H2,1-2H3;4-10,13-14H,11-12,15H2,1-3H3;3-11,25H,12-13H2,1-2H3/t20?,23-;2*23-;/m000./s1. The molecule has 0 saturated carbocycles. The Labute approximate surface area is 676 Å². The van der Waals surface area contributed by atoms with E-state index in [-0.39, 0.29) is 105 Å². The molecule has 0 spiro atoms. The van der Waals surface area contributed by atoms with Crippen LogP contribution in [0.1, 0.15) is 83.0 Å². The fourth-order valence-electron chi connectivity index (χ4n) is 14.9. The topological polar surface area (TPSA) is 184 Å². The predicted octanol–water partition coefficient (Wildman–Crippen LogP) is 16.9. The van der Waals surface area contributed by atoms with Crippen molar-refractivity contribution >= 4 is 58.2 Å². The summed E-state index contributed by atoms with van der Waals surface area (Å²) in [7, 11) is 14.0. The lowest BCUT2D eigenvalue weighted by molar-refractivity contribution is -0.141. The molecule has 3 N–H and O–H groups in total. The highest BCUT2D eigenvalue weighted by Crippen LogP contribution is 2.49. The summed E-state index contributed by atoms with van der Waals surface area (Å²) >= 11 is 0. The summed E-state index contributed by atoms with van der Waals surface area (Å²) in [5.41, 5.74) is 5.66. The molecule has 8 aromatic carbocycles. The number of ketones is 1. The molecule has 17 nitrogen and oxygen atoms in total. The number of carbonyl (C=O) groups excluding carboxylic acids is 6. The number of Topliss-reactive ketones (excluding diaryl/α,β-unsaturated/α-hetero) is 1. The van der Waals surface area contributed by atoms with Crippen LogP contribution < -0.4 is 5.73 Å². The van der Waals surface area contributed by atoms with Gasteiger partial charge in [0.25, 0.3) is 12.9 Å². The number of aliphatic hydroxyl groups excluding tert-OH is 1. The normalized spacial score (nSPS) is 18.8. The lowest BCUT2D eigenvalue weighted by atomic mass is 9.83. The van der Waals surface area contributed by atoms with Gasteiger partial charge in [0.05, 0.1) is 36.4 Å². The molecule has 0 bridgehead atoms. The van der Waals surface area contributed by atoms with E-state index in [1.54, 1.807) is 156 Å². The van der Waals surface area contributed by atoms with E-state index in [9.17, 15) is 86.6 Å². The van der Waals surface area contributed by atoms with Gasteiger partial charge in [0.1, 0.15) is 52.1 Å². The third-order valence-electron chi connectivity index (χ3n) is 20.9. The van der Waals surface area contributed by atoms with Gasteiger partial charge in [0.2, 0.25) is 0 Å². The quantitative estimate of drug-likeness (QED) is 0.0554. The van der Waals surface area contributed by atoms with Crippen LogP contribution in [0.3, 0.4) is 0 Å². The van der Waals surface area contributed by atoms with Crippen molar-refractivity contribution in [1.29, 1.82) is 0 Å². The van der Waals surface area contributed by atoms with Crippen LogP contribution in [-0.4, -0.2) is 195 Å². The summed E-state index contributed by atoms with van der Waals surface area (Å²) in [5, 5.41) is 10.2. The zero-order chi connectivity index (χ0) is 86.3. The van der Waals surface area contributed by atoms with Gasteiger partial charge in [0.15, 0.2) is 5.78 Å². The molecule has 4 heterocycles. The van der Waals surface area contributed by atoms with Crippen LogP contribution in [0.15, 0.2) is 218 Å². The molecule has 0 fully saturated rings. The SMILES string of the molecule is CN(C)C(=O)N1CC(c2cc(F)ccc2F)=CC1(CO)c1ccccc1.CN(C)C(=O)N1CC(c2cc(F)ccc2F)=C[C@@]1(CCC(=O)C(F)F)c1ccccc1.CN(C)C(=O)N1CC(c2cc(F)ccc2F)=C[C@@]1(CCC(N)C(F)F)c1ccccc1.COC(=O)CC[C@@]1(c2ccccc2)C=C(c2cc(F)ccc2F)CN1C(=O)N(C)C. The van der Waals surface area contributed by atoms with Crippen LogP contribution in [0.2, 0.25) is 0 Å². The first-order valence-electron chi connectivity index (χ1n) is 37.4. The summed E-state index contributed by atoms with van der Waals surface area (Å²) in [6.07, 6.45) is 0.558. The number of ether oxygens (including phenoxy) is 1. The molecule has 624 valence electrons. The van der Waals surface area contributed by atoms with Gasteiger partial charge in [-0.05, 0) is 167 Å². The Balaban J connectivity index is 0.000000180. The van der Waals surface area contributed by atoms with Crippen molar-refractivity contribution in [2.75, 3.05) is 96.3 Å². The number of urea groups is 4. The van der Waals surface area contributed by atoms with Crippen molar-refractivity contribution in [3.05, 3.63) is 309 Å². The highest BCUT2D eigenvalue weighted by atomic mass is 19.3. The molecule has 5 atom stereocenters. The Kier molecular flexibility index (Phi) is 29.6. The summed E-state index contributed by atoms with van der Waals surface area (Å²) < 4.78 is 170. The number of nitrogens with zero attached hydrogens (tertiary/aromatic N) is 8. The van der Waals surface area contributed by atoms with Gasteiger partial charge in [-0.15, -0.1) is 0 Å². The number of carbonyl (C=O) groups is 6. The maximum absolute atomic E-state index is 14.5. The number of amides is 8. The first-order valence-corrected chi connectivity index (χ1v) is 37.4. The van der Waals surface area contributed by atoms with Crippen LogP contribution >= 0.6 is 0 Å². The number of rotatable bonds is 20. The van der Waals surface area contributed by atoms with Crippen molar-refractivity contribution in [3.8, 4) is 0 Å². The zero-order valence-corrected chi connectivity index (χ0v) is 66.3. The van der Waals surface area contributed by atoms with Crippen molar-refractivity contribution in [1.82, 2.24) is 39.2 Å². The van der Waals surface area contributed by atoms with E-state index in [1.165, 1.54) is 55.5 Å². The van der Waals surface area contributed by atoms with Crippen molar-refractivity contribution in [2.45, 2.75) is 79.6 Å². The van der Waals surface area contributed by atoms with Gasteiger partial charge in [-0.3, -0.25) is 9.59 Å². The lowest BCUT2D eigenvalue weighted by Crippen LogP contribution is -2.51. The number of alkyl halides is 4. The molecule has 12 rings (SSSR count). The molecule has 0 aliphatic carbocycles. The van der Waals surface area contributed by atoms with Gasteiger partial charge < -0.3 is 54.8 Å². The van der Waals surface area contributed by atoms with Gasteiger partial charge >= 0.3 is 30.1 Å². The Morgan fingerprint density at radius 1 is 0.390 bits per heavy atom. The minimum Gasteiger partial charge on any atom is -0.469 e. The summed E-state index contributed by atoms with van der Waals surface area (Å²) in [4.78, 5) is 87.2. The van der Waals surface area contributed by atoms with Crippen molar-refractivity contribution in [3.63, 3.8) is 0 Å². The summed E-state index contributed by atoms with van der Waals surface area (Å²) in [6, 6.07) is 45.6. The highest BCUT2D eigenvalue weighted by molar-refractivity contribution is 5.88. The van der Waals surface area contributed by atoms with E-state index in [0.29, 0.717) is 39.0 Å². The number of benzene rings is 8. The van der Waals surface area contributed by atoms with Gasteiger partial charge in [-0.25, -0.2) is 71.9 Å². The molecule has 118 heavy (non-hydrogen) atoms. The Morgan fingerprint density at radius 3 is 0.898 bits per heavy atom. The van der Waals surface area contributed by atoms with E-state index >= 15 is 0 Å². The Bertz CT molecular complexity index is 5040. The molecule has 8 amide bonds. The van der Waals surface area contributed by atoms with Crippen LogP contribution in [0.25, 0.3) is 22.3 Å². The molecule has 4 aliphatic rings. The molecule has 2 unspecified atom stereocenters. The highest BCUT2D eigenvalue weighted by Gasteiger charge is 2.50. The fourth-order valence-corrected chi connectivity index (χ4v) is 14.9. The first-order chi connectivity index (χ1) is 56.0. The van der Waals surface area contributed by atoms with E-state index in [0.717, 1.165) is 78.4 Å². The van der Waals surface area contributed by atoms with E-state index < -0.39 is 112 Å². The number of methoxy groups -OCH3 is 1. The van der Waals surface area contributed by atoms with E-state index in [4.69, 9.17) is 10.5 Å². The first kappa shape index (κ1) is 89.9. The number of esters is 1. The molecule has 8 aromatic rings. The summed E-state index contributed by atoms with van der Waals surface area (Å²) in [6.45, 7) is -0.317. The van der Waals surface area contributed by atoms with Crippen LogP contribution in [0.5, 0.6) is 0 Å². The maximum Gasteiger partial charge on any atom is 0.320 e. The largest absolute Gasteiger partial charge is 0.469 e. The second-order valence-corrected chi connectivity index (χ2v) is 29.4. The van der Waals surface area contributed by atoms with Gasteiger partial charge in [0, 0.05) is 118 Å². The molecule has 0 aromatic heterocycles. The van der Waals surface area contributed by atoms with Crippen LogP contribution in [-0.2, 0) is 36.5 Å². The smallest absolute Gasteiger partial charge is 0.320 e. The van der Waals surface area contributed by atoms with E-state index in [1.807, 2.05) is 36.4 Å². The maximum atomic E-state index is 14.5. The Morgan fingerprint density at radius 2 is 0.644 bits per heavy atom. The predicted molar refractivity (Wildman–Crippen MR) is 425 cm³/mol.